The van der Waals surface area contributed by atoms with Crippen LogP contribution in [0.4, 0.5) is 0 Å². The van der Waals surface area contributed by atoms with E-state index < -0.39 is 0 Å². The van der Waals surface area contributed by atoms with Crippen LogP contribution in [0.5, 0.6) is 0 Å². The Kier molecular flexibility index (Phi) is 27.2. The van der Waals surface area contributed by atoms with Gasteiger partial charge in [-0.15, -0.1) is 0 Å². The van der Waals surface area contributed by atoms with Gasteiger partial charge in [-0.2, -0.15) is 0 Å². The van der Waals surface area contributed by atoms with E-state index in [1.165, 1.54) is 70.6 Å². The maximum atomic E-state index is 10.0. The van der Waals surface area contributed by atoms with Gasteiger partial charge in [-0.25, -0.2) is 0 Å². The Morgan fingerprint density at radius 1 is 0.615 bits per heavy atom. The minimum Gasteiger partial charge on any atom is -0.300 e. The van der Waals surface area contributed by atoms with E-state index in [0.29, 0.717) is 0 Å². The number of carbonyl (C=O) groups is 1. The summed E-state index contributed by atoms with van der Waals surface area (Å²) >= 11 is 0. The molecule has 0 bridgehead atoms. The molecule has 0 saturated heterocycles. The van der Waals surface area contributed by atoms with Crippen molar-refractivity contribution < 1.29 is 4.79 Å². The van der Waals surface area contributed by atoms with E-state index in [4.69, 9.17) is 0 Å². The molecule has 1 rings (SSSR count). The van der Waals surface area contributed by atoms with Crippen LogP contribution in [-0.4, -0.2) is 5.78 Å². The van der Waals surface area contributed by atoms with Crippen molar-refractivity contribution in [3.63, 3.8) is 0 Å². The molecule has 0 fully saturated rings. The molecule has 0 heterocycles. The van der Waals surface area contributed by atoms with Crippen molar-refractivity contribution >= 4 is 5.78 Å². The molecule has 0 atom stereocenters. The second-order valence-electron chi connectivity index (χ2n) is 7.11. The first-order valence-corrected chi connectivity index (χ1v) is 11.2. The van der Waals surface area contributed by atoms with Crippen LogP contribution in [0.25, 0.3) is 0 Å². The second kappa shape index (κ2) is 26.1. The summed E-state index contributed by atoms with van der Waals surface area (Å²) in [6.45, 7) is 8.18. The van der Waals surface area contributed by atoms with Gasteiger partial charge in [0.05, 0.1) is 0 Å². The van der Waals surface area contributed by atoms with Gasteiger partial charge < -0.3 is 4.79 Å². The summed E-state index contributed by atoms with van der Waals surface area (Å²) < 4.78 is 0. The number of carbonyl (C=O) groups excluding carboxylic acids is 1. The van der Waals surface area contributed by atoms with Gasteiger partial charge in [0.1, 0.15) is 5.78 Å². The summed E-state index contributed by atoms with van der Waals surface area (Å²) in [5.74, 6) is 0.289. The maximum Gasteiger partial charge on any atom is 0.129 e. The zero-order valence-corrected chi connectivity index (χ0v) is 18.3. The Morgan fingerprint density at radius 3 is 1.27 bits per heavy atom. The van der Waals surface area contributed by atoms with Crippen LogP contribution in [0.3, 0.4) is 0 Å². The fraction of sp³-hybridized carbons (Fsp3) is 0.720. The van der Waals surface area contributed by atoms with Crippen LogP contribution in [0.2, 0.25) is 0 Å². The van der Waals surface area contributed by atoms with E-state index in [9.17, 15) is 4.79 Å². The molecule has 1 nitrogen and oxygen atoms in total. The molecule has 0 aliphatic heterocycles. The molecule has 0 radical (unpaired) electrons. The molecule has 0 saturated carbocycles. The molecular weight excluding hydrogens is 316 g/mol. The predicted molar refractivity (Wildman–Crippen MR) is 120 cm³/mol. The van der Waals surface area contributed by atoms with Gasteiger partial charge in [0.15, 0.2) is 0 Å². The largest absolute Gasteiger partial charge is 0.300 e. The number of unbranched alkanes of at least 4 members (excludes halogenated alkanes) is 10. The summed E-state index contributed by atoms with van der Waals surface area (Å²) in [6, 6.07) is 0. The van der Waals surface area contributed by atoms with Crippen molar-refractivity contribution in [2.45, 2.75) is 118 Å². The molecule has 0 N–H and O–H groups in total. The molecule has 0 spiro atoms. The van der Waals surface area contributed by atoms with Crippen molar-refractivity contribution in [2.24, 2.45) is 0 Å². The van der Waals surface area contributed by atoms with Crippen LogP contribution in [0, 0.1) is 0 Å². The van der Waals surface area contributed by atoms with Crippen LogP contribution >= 0.6 is 0 Å². The Balaban J connectivity index is 0. The number of rotatable bonds is 12. The predicted octanol–water partition coefficient (Wildman–Crippen LogP) is 8.75. The summed E-state index contributed by atoms with van der Waals surface area (Å²) in [6.07, 6.45) is 31.2. The lowest BCUT2D eigenvalue weighted by atomic mass is 10.1. The lowest BCUT2D eigenvalue weighted by molar-refractivity contribution is -0.117. The molecule has 0 unspecified atom stereocenters. The van der Waals surface area contributed by atoms with Crippen LogP contribution < -0.4 is 0 Å². The van der Waals surface area contributed by atoms with Crippen molar-refractivity contribution in [1.82, 2.24) is 0 Å². The lowest BCUT2D eigenvalue weighted by Crippen LogP contribution is -1.84. The number of allylic oxidation sites excluding steroid dienone is 6. The Hall–Kier alpha value is -1.11. The lowest BCUT2D eigenvalue weighted by Gasteiger charge is -2.00. The molecule has 1 heteroatoms. The molecule has 152 valence electrons. The third-order valence-corrected chi connectivity index (χ3v) is 4.19. The van der Waals surface area contributed by atoms with Gasteiger partial charge in [0.25, 0.3) is 0 Å². The van der Waals surface area contributed by atoms with Gasteiger partial charge >= 0.3 is 0 Å². The normalized spacial score (nSPS) is 11.8. The third-order valence-electron chi connectivity index (χ3n) is 4.19. The second-order valence-corrected chi connectivity index (χ2v) is 7.11. The van der Waals surface area contributed by atoms with Crippen molar-refractivity contribution in [1.29, 1.82) is 0 Å². The summed E-state index contributed by atoms with van der Waals surface area (Å²) in [5, 5.41) is 0. The third kappa shape index (κ3) is 30.7. The Morgan fingerprint density at radius 2 is 1.00 bits per heavy atom. The van der Waals surface area contributed by atoms with Crippen LogP contribution in [0.1, 0.15) is 118 Å². The molecule has 0 aromatic carbocycles. The van der Waals surface area contributed by atoms with E-state index in [0.717, 1.165) is 19.3 Å². The zero-order chi connectivity index (χ0) is 19.7. The van der Waals surface area contributed by atoms with Crippen LogP contribution in [-0.2, 0) is 4.79 Å². The van der Waals surface area contributed by atoms with Gasteiger partial charge in [-0.05, 0) is 19.8 Å². The summed E-state index contributed by atoms with van der Waals surface area (Å²) in [5.41, 5.74) is 0. The quantitative estimate of drug-likeness (QED) is 0.317. The maximum absolute atomic E-state index is 10.0. The molecule has 0 aromatic heterocycles. The highest BCUT2D eigenvalue weighted by Crippen LogP contribution is 2.10. The van der Waals surface area contributed by atoms with E-state index in [1.54, 1.807) is 6.92 Å². The fourth-order valence-corrected chi connectivity index (χ4v) is 2.61. The smallest absolute Gasteiger partial charge is 0.129 e. The highest BCUT2D eigenvalue weighted by molar-refractivity contribution is 5.75. The standard InChI is InChI=1S/C13H28.C7H8.C5H10O/c1-3-5-7-9-11-13-12-10-8-6-4-2;1-2-4-6-7-5-3-1;1-3-4-5(2)6/h3-13H2,1-2H3;1-6H,7H2;3-4H2,1-2H3. The number of hydrogen-bond donors (Lipinski definition) is 0. The van der Waals surface area contributed by atoms with E-state index >= 15 is 0 Å². The van der Waals surface area contributed by atoms with Gasteiger partial charge in [0, 0.05) is 6.42 Å². The minimum absolute atomic E-state index is 0.289. The molecule has 26 heavy (non-hydrogen) atoms. The molecule has 0 aromatic rings. The monoisotopic (exact) mass is 362 g/mol. The van der Waals surface area contributed by atoms with Gasteiger partial charge in [-0.3, -0.25) is 0 Å². The van der Waals surface area contributed by atoms with E-state index in [1.807, 2.05) is 19.1 Å². The molecule has 1 aliphatic carbocycles. The number of hydrogen-bond acceptors (Lipinski definition) is 1. The Labute approximate surface area is 165 Å². The number of ketones is 1. The first-order chi connectivity index (χ1) is 12.7. The molecule has 1 aliphatic rings. The average molecular weight is 363 g/mol. The van der Waals surface area contributed by atoms with Crippen molar-refractivity contribution in [3.8, 4) is 0 Å². The van der Waals surface area contributed by atoms with Gasteiger partial charge in [-0.1, -0.05) is 128 Å². The highest BCUT2D eigenvalue weighted by Gasteiger charge is 1.91. The first-order valence-electron chi connectivity index (χ1n) is 11.2. The average Bonchev–Trinajstić information content (AvgIpc) is 2.94. The van der Waals surface area contributed by atoms with Crippen LogP contribution in [0.15, 0.2) is 36.5 Å². The zero-order valence-electron chi connectivity index (χ0n) is 18.3. The summed E-state index contributed by atoms with van der Waals surface area (Å²) in [4.78, 5) is 10.0. The SMILES string of the molecule is C1=CC=CCC=C1.CCCC(C)=O.CCCCCCCCCCCCC. The first kappa shape index (κ1) is 27.1. The fourth-order valence-electron chi connectivity index (χ4n) is 2.61. The van der Waals surface area contributed by atoms with E-state index in [-0.39, 0.29) is 5.78 Å². The van der Waals surface area contributed by atoms with Crippen molar-refractivity contribution in [2.75, 3.05) is 0 Å². The molecular formula is C25H46O. The Bertz CT molecular complexity index is 325. The highest BCUT2D eigenvalue weighted by atomic mass is 16.1. The molecule has 0 amide bonds. The summed E-state index contributed by atoms with van der Waals surface area (Å²) in [7, 11) is 0. The number of Topliss-reactive ketones (excluding diaryl/α,β-unsaturated/α-hetero) is 1. The van der Waals surface area contributed by atoms with Crippen molar-refractivity contribution in [3.05, 3.63) is 36.5 Å². The minimum atomic E-state index is 0.289. The topological polar surface area (TPSA) is 17.1 Å². The van der Waals surface area contributed by atoms with E-state index in [2.05, 4.69) is 38.2 Å². The van der Waals surface area contributed by atoms with Gasteiger partial charge in [0.2, 0.25) is 0 Å².